The zero-order valence-electron chi connectivity index (χ0n) is 12.9. The van der Waals surface area contributed by atoms with Crippen LogP contribution in [0.1, 0.15) is 19.4 Å². The van der Waals surface area contributed by atoms with Gasteiger partial charge in [0.05, 0.1) is 12.7 Å². The second-order valence-electron chi connectivity index (χ2n) is 5.58. The first-order valence-corrected chi connectivity index (χ1v) is 7.16. The zero-order chi connectivity index (χ0) is 15.2. The highest BCUT2D eigenvalue weighted by atomic mass is 15.2. The van der Waals surface area contributed by atoms with E-state index in [4.69, 9.17) is 5.73 Å². The number of hydrogen-bond acceptors (Lipinski definition) is 2. The predicted molar refractivity (Wildman–Crippen MR) is 86.8 cm³/mol. The van der Waals surface area contributed by atoms with Gasteiger partial charge in [0.15, 0.2) is 5.96 Å². The molecule has 2 rings (SSSR count). The van der Waals surface area contributed by atoms with Crippen molar-refractivity contribution in [3.63, 3.8) is 0 Å². The van der Waals surface area contributed by atoms with Crippen LogP contribution in [0.5, 0.6) is 0 Å². The normalized spacial score (nSPS) is 11.9. The summed E-state index contributed by atoms with van der Waals surface area (Å²) < 4.78 is 1.80. The Labute approximate surface area is 125 Å². The molecule has 0 unspecified atom stereocenters. The SMILES string of the molecule is CC(C)CNC(N)=NCc1cccc(-c2cnn(C)c2)c1. The molecule has 21 heavy (non-hydrogen) atoms. The van der Waals surface area contributed by atoms with Crippen LogP contribution in [0, 0.1) is 5.92 Å². The van der Waals surface area contributed by atoms with E-state index in [1.165, 1.54) is 0 Å². The first-order valence-electron chi connectivity index (χ1n) is 7.16. The van der Waals surface area contributed by atoms with Crippen molar-refractivity contribution in [2.24, 2.45) is 23.7 Å². The van der Waals surface area contributed by atoms with Crippen molar-refractivity contribution in [3.8, 4) is 11.1 Å². The summed E-state index contributed by atoms with van der Waals surface area (Å²) in [5.74, 6) is 1.04. The highest BCUT2D eigenvalue weighted by Gasteiger charge is 2.02. The van der Waals surface area contributed by atoms with Gasteiger partial charge in [-0.2, -0.15) is 5.10 Å². The molecular weight excluding hydrogens is 262 g/mol. The van der Waals surface area contributed by atoms with E-state index in [2.05, 4.69) is 47.5 Å². The Kier molecular flexibility index (Phi) is 4.98. The maximum absolute atomic E-state index is 5.85. The Morgan fingerprint density at radius 1 is 1.38 bits per heavy atom. The van der Waals surface area contributed by atoms with Crippen LogP contribution < -0.4 is 11.1 Å². The lowest BCUT2D eigenvalue weighted by Crippen LogP contribution is -2.34. The third kappa shape index (κ3) is 4.63. The van der Waals surface area contributed by atoms with Gasteiger partial charge in [-0.25, -0.2) is 4.99 Å². The number of aryl methyl sites for hydroxylation is 1. The molecule has 0 saturated carbocycles. The number of hydrogen-bond donors (Lipinski definition) is 2. The Morgan fingerprint density at radius 2 is 2.19 bits per heavy atom. The van der Waals surface area contributed by atoms with Crippen LogP contribution in [0.25, 0.3) is 11.1 Å². The van der Waals surface area contributed by atoms with Crippen LogP contribution in [0.4, 0.5) is 0 Å². The second kappa shape index (κ2) is 6.92. The Hall–Kier alpha value is -2.30. The fourth-order valence-electron chi connectivity index (χ4n) is 1.96. The first kappa shape index (κ1) is 15.1. The monoisotopic (exact) mass is 285 g/mol. The molecule has 0 aliphatic carbocycles. The summed E-state index contributed by atoms with van der Waals surface area (Å²) in [6.45, 7) is 5.69. The molecular formula is C16H23N5. The van der Waals surface area contributed by atoms with Crippen LogP contribution in [0.3, 0.4) is 0 Å². The molecule has 0 spiro atoms. The lowest BCUT2D eigenvalue weighted by atomic mass is 10.1. The number of aliphatic imine (C=N–C) groups is 1. The minimum Gasteiger partial charge on any atom is -0.370 e. The van der Waals surface area contributed by atoms with Crippen molar-refractivity contribution >= 4 is 5.96 Å². The molecule has 0 radical (unpaired) electrons. The van der Waals surface area contributed by atoms with Gasteiger partial charge in [-0.15, -0.1) is 0 Å². The summed E-state index contributed by atoms with van der Waals surface area (Å²) in [7, 11) is 1.92. The van der Waals surface area contributed by atoms with Crippen LogP contribution in [-0.2, 0) is 13.6 Å². The molecule has 1 aromatic heterocycles. The fraction of sp³-hybridized carbons (Fsp3) is 0.375. The second-order valence-corrected chi connectivity index (χ2v) is 5.58. The van der Waals surface area contributed by atoms with Crippen LogP contribution in [0.2, 0.25) is 0 Å². The molecule has 5 nitrogen and oxygen atoms in total. The topological polar surface area (TPSA) is 68.2 Å². The van der Waals surface area contributed by atoms with E-state index in [0.717, 1.165) is 23.2 Å². The van der Waals surface area contributed by atoms with E-state index in [9.17, 15) is 0 Å². The molecule has 2 aromatic rings. The van der Waals surface area contributed by atoms with E-state index in [1.54, 1.807) is 4.68 Å². The summed E-state index contributed by atoms with van der Waals surface area (Å²) in [6, 6.07) is 8.28. The molecule has 1 aromatic carbocycles. The van der Waals surface area contributed by atoms with Gasteiger partial charge in [-0.3, -0.25) is 4.68 Å². The largest absolute Gasteiger partial charge is 0.370 e. The molecule has 0 saturated heterocycles. The van der Waals surface area contributed by atoms with Crippen molar-refractivity contribution in [2.75, 3.05) is 6.54 Å². The third-order valence-electron chi connectivity index (χ3n) is 3.09. The van der Waals surface area contributed by atoms with Gasteiger partial charge in [0.25, 0.3) is 0 Å². The molecule has 0 aliphatic rings. The van der Waals surface area contributed by atoms with Crippen molar-refractivity contribution in [1.29, 1.82) is 0 Å². The van der Waals surface area contributed by atoms with E-state index in [-0.39, 0.29) is 0 Å². The van der Waals surface area contributed by atoms with Crippen molar-refractivity contribution in [1.82, 2.24) is 15.1 Å². The van der Waals surface area contributed by atoms with Gasteiger partial charge in [0.1, 0.15) is 0 Å². The quantitative estimate of drug-likeness (QED) is 0.653. The molecule has 3 N–H and O–H groups in total. The van der Waals surface area contributed by atoms with Crippen LogP contribution >= 0.6 is 0 Å². The average Bonchev–Trinajstić information content (AvgIpc) is 2.90. The smallest absolute Gasteiger partial charge is 0.188 e. The number of nitrogens with one attached hydrogen (secondary N) is 1. The lowest BCUT2D eigenvalue weighted by Gasteiger charge is -2.08. The number of benzene rings is 1. The van der Waals surface area contributed by atoms with Gasteiger partial charge in [-0.1, -0.05) is 32.0 Å². The summed E-state index contributed by atoms with van der Waals surface area (Å²) in [4.78, 5) is 4.37. The van der Waals surface area contributed by atoms with Gasteiger partial charge in [0.2, 0.25) is 0 Å². The summed E-state index contributed by atoms with van der Waals surface area (Å²) in [5.41, 5.74) is 9.23. The average molecular weight is 285 g/mol. The standard InChI is InChI=1S/C16H23N5/c1-12(2)8-18-16(17)19-9-13-5-4-6-14(7-13)15-10-20-21(3)11-15/h4-7,10-12H,8-9H2,1-3H3,(H3,17,18,19). The van der Waals surface area contributed by atoms with Gasteiger partial charge in [0, 0.05) is 25.4 Å². The molecule has 0 fully saturated rings. The number of aromatic nitrogens is 2. The van der Waals surface area contributed by atoms with E-state index in [0.29, 0.717) is 18.4 Å². The molecule has 5 heteroatoms. The highest BCUT2D eigenvalue weighted by molar-refractivity contribution is 5.77. The zero-order valence-corrected chi connectivity index (χ0v) is 12.9. The number of rotatable bonds is 5. The van der Waals surface area contributed by atoms with E-state index < -0.39 is 0 Å². The van der Waals surface area contributed by atoms with E-state index >= 15 is 0 Å². The minimum atomic E-state index is 0.496. The van der Waals surface area contributed by atoms with Crippen LogP contribution in [0.15, 0.2) is 41.7 Å². The first-order chi connectivity index (χ1) is 10.0. The summed E-state index contributed by atoms with van der Waals surface area (Å²) >= 11 is 0. The number of nitrogens with two attached hydrogens (primary N) is 1. The predicted octanol–water partition coefficient (Wildman–Crippen LogP) is 2.15. The molecule has 0 amide bonds. The molecule has 0 aliphatic heterocycles. The minimum absolute atomic E-state index is 0.496. The lowest BCUT2D eigenvalue weighted by molar-refractivity contribution is 0.622. The van der Waals surface area contributed by atoms with Crippen molar-refractivity contribution < 1.29 is 0 Å². The van der Waals surface area contributed by atoms with Gasteiger partial charge in [-0.05, 0) is 23.1 Å². The summed E-state index contributed by atoms with van der Waals surface area (Å²) in [6.07, 6.45) is 3.86. The van der Waals surface area contributed by atoms with Gasteiger partial charge < -0.3 is 11.1 Å². The highest BCUT2D eigenvalue weighted by Crippen LogP contribution is 2.19. The Morgan fingerprint density at radius 3 is 2.86 bits per heavy atom. The molecule has 1 heterocycles. The van der Waals surface area contributed by atoms with Crippen molar-refractivity contribution in [3.05, 3.63) is 42.2 Å². The Balaban J connectivity index is 2.03. The van der Waals surface area contributed by atoms with Gasteiger partial charge >= 0.3 is 0 Å². The number of guanidine groups is 1. The fourth-order valence-corrected chi connectivity index (χ4v) is 1.96. The van der Waals surface area contributed by atoms with Crippen LogP contribution in [-0.4, -0.2) is 22.3 Å². The third-order valence-corrected chi connectivity index (χ3v) is 3.09. The Bertz CT molecular complexity index is 613. The van der Waals surface area contributed by atoms with Crippen molar-refractivity contribution in [2.45, 2.75) is 20.4 Å². The summed E-state index contributed by atoms with van der Waals surface area (Å²) in [5, 5.41) is 7.31. The molecule has 0 bridgehead atoms. The molecule has 0 atom stereocenters. The maximum Gasteiger partial charge on any atom is 0.188 e. The van der Waals surface area contributed by atoms with E-state index in [1.807, 2.05) is 25.5 Å². The maximum atomic E-state index is 5.85. The molecule has 112 valence electrons. The number of nitrogens with zero attached hydrogens (tertiary/aromatic N) is 3.